The Morgan fingerprint density at radius 1 is 1.20 bits per heavy atom. The molecule has 1 N–H and O–H groups in total. The molecule has 0 unspecified atom stereocenters. The van der Waals surface area contributed by atoms with Crippen LogP contribution in [0.4, 0.5) is 0 Å². The van der Waals surface area contributed by atoms with Crippen LogP contribution in [0.25, 0.3) is 0 Å². The third-order valence-corrected chi connectivity index (χ3v) is 1.75. The number of carboxylic acids is 1. The summed E-state index contributed by atoms with van der Waals surface area (Å²) in [6.07, 6.45) is 5.07. The van der Waals surface area contributed by atoms with Crippen molar-refractivity contribution in [2.24, 2.45) is 0 Å². The average molecular weight is 212 g/mol. The Morgan fingerprint density at radius 2 is 1.87 bits per heavy atom. The number of Topliss-reactive ketones (excluding diaryl/α,β-unsaturated/α-hetero) is 1. The number of hydrogen-bond acceptors (Lipinski definition) is 3. The molecule has 0 aliphatic carbocycles. The number of allylic oxidation sites excluding steroid dienone is 2. The molecule has 0 aromatic rings. The third kappa shape index (κ3) is 8.87. The number of carbonyl (C=O) groups excluding carboxylic acids is 2. The minimum absolute atomic E-state index is 0.311. The van der Waals surface area contributed by atoms with Crippen LogP contribution < -0.4 is 0 Å². The molecular weight excluding hydrogens is 196 g/mol. The van der Waals surface area contributed by atoms with E-state index in [4.69, 9.17) is 5.11 Å². The van der Waals surface area contributed by atoms with Crippen LogP contribution in [-0.2, 0) is 14.4 Å². The summed E-state index contributed by atoms with van der Waals surface area (Å²) in [7, 11) is 0. The van der Waals surface area contributed by atoms with Crippen molar-refractivity contribution in [3.63, 3.8) is 0 Å². The molecule has 0 bridgehead atoms. The van der Waals surface area contributed by atoms with E-state index in [0.717, 1.165) is 19.3 Å². The van der Waals surface area contributed by atoms with Crippen LogP contribution in [0.2, 0.25) is 0 Å². The molecule has 0 aliphatic rings. The van der Waals surface area contributed by atoms with Gasteiger partial charge in [0.05, 0.1) is 6.42 Å². The van der Waals surface area contributed by atoms with E-state index < -0.39 is 18.2 Å². The van der Waals surface area contributed by atoms with Crippen LogP contribution in [0.1, 0.15) is 39.0 Å². The summed E-state index contributed by atoms with van der Waals surface area (Å²) in [5.74, 6) is -2.06. The molecule has 0 saturated carbocycles. The number of ketones is 2. The maximum Gasteiger partial charge on any atom is 0.310 e. The predicted octanol–water partition coefficient (Wildman–Crippen LogP) is 1.74. The first-order chi connectivity index (χ1) is 7.06. The molecule has 0 radical (unpaired) electrons. The monoisotopic (exact) mass is 212 g/mol. The molecule has 0 amide bonds. The highest BCUT2D eigenvalue weighted by Gasteiger charge is 2.10. The fraction of sp³-hybridized carbons (Fsp3) is 0.545. The third-order valence-electron chi connectivity index (χ3n) is 1.75. The fourth-order valence-electron chi connectivity index (χ4n) is 1.02. The zero-order chi connectivity index (χ0) is 11.7. The maximum absolute atomic E-state index is 11.1. The summed E-state index contributed by atoms with van der Waals surface area (Å²) in [5, 5.41) is 8.29. The van der Waals surface area contributed by atoms with E-state index in [-0.39, 0.29) is 12.2 Å². The summed E-state index contributed by atoms with van der Waals surface area (Å²) in [6, 6.07) is 0. The van der Waals surface area contributed by atoms with Gasteiger partial charge in [0.25, 0.3) is 0 Å². The molecule has 4 heteroatoms. The summed E-state index contributed by atoms with van der Waals surface area (Å²) < 4.78 is 0. The number of carboxylic acid groups (broad SMARTS) is 1. The van der Waals surface area contributed by atoms with Crippen LogP contribution >= 0.6 is 0 Å². The van der Waals surface area contributed by atoms with Crippen molar-refractivity contribution in [1.29, 1.82) is 0 Å². The van der Waals surface area contributed by atoms with E-state index in [1.807, 2.05) is 6.92 Å². The Labute approximate surface area is 89.0 Å². The molecule has 0 spiro atoms. The number of aliphatic carboxylic acids is 1. The number of hydrogen-bond donors (Lipinski definition) is 1. The van der Waals surface area contributed by atoms with Crippen molar-refractivity contribution in [2.45, 2.75) is 39.0 Å². The van der Waals surface area contributed by atoms with Gasteiger partial charge in [0.15, 0.2) is 11.6 Å². The highest BCUT2D eigenvalue weighted by atomic mass is 16.4. The van der Waals surface area contributed by atoms with E-state index in [1.54, 1.807) is 6.08 Å². The lowest BCUT2D eigenvalue weighted by atomic mass is 10.1. The maximum atomic E-state index is 11.1. The molecule has 0 heterocycles. The van der Waals surface area contributed by atoms with Gasteiger partial charge in [0, 0.05) is 0 Å². The van der Waals surface area contributed by atoms with E-state index >= 15 is 0 Å². The Kier molecular flexibility index (Phi) is 7.14. The molecule has 0 aliphatic heterocycles. The highest BCUT2D eigenvalue weighted by Crippen LogP contribution is 1.97. The molecule has 0 aromatic heterocycles. The van der Waals surface area contributed by atoms with Gasteiger partial charge in [-0.3, -0.25) is 14.4 Å². The van der Waals surface area contributed by atoms with Gasteiger partial charge in [-0.25, -0.2) is 0 Å². The second-order valence-electron chi connectivity index (χ2n) is 3.30. The van der Waals surface area contributed by atoms with Crippen molar-refractivity contribution >= 4 is 17.5 Å². The number of unbranched alkanes of at least 4 members (excludes halogenated alkanes) is 2. The normalized spacial score (nSPS) is 10.5. The second kappa shape index (κ2) is 7.91. The molecule has 84 valence electrons. The van der Waals surface area contributed by atoms with Crippen LogP contribution in [0, 0.1) is 0 Å². The molecule has 0 aromatic carbocycles. The smallest absolute Gasteiger partial charge is 0.310 e. The minimum Gasteiger partial charge on any atom is -0.481 e. The van der Waals surface area contributed by atoms with Crippen molar-refractivity contribution in [1.82, 2.24) is 0 Å². The second-order valence-corrected chi connectivity index (χ2v) is 3.30. The van der Waals surface area contributed by atoms with Crippen LogP contribution in [0.15, 0.2) is 12.2 Å². The van der Waals surface area contributed by atoms with Crippen LogP contribution in [0.5, 0.6) is 0 Å². The SMILES string of the molecule is CCCC/C=C/C(=O)CC(=O)CC(=O)O. The van der Waals surface area contributed by atoms with Crippen molar-refractivity contribution < 1.29 is 19.5 Å². The van der Waals surface area contributed by atoms with Gasteiger partial charge in [-0.1, -0.05) is 25.8 Å². The Hall–Kier alpha value is -1.45. The summed E-state index contributed by atoms with van der Waals surface area (Å²) in [4.78, 5) is 32.2. The van der Waals surface area contributed by atoms with Gasteiger partial charge in [-0.2, -0.15) is 0 Å². The first-order valence-electron chi connectivity index (χ1n) is 4.99. The van der Waals surface area contributed by atoms with Gasteiger partial charge in [0.2, 0.25) is 0 Å². The summed E-state index contributed by atoms with van der Waals surface area (Å²) in [5.41, 5.74) is 0. The number of carbonyl (C=O) groups is 3. The molecule has 0 fully saturated rings. The summed E-state index contributed by atoms with van der Waals surface area (Å²) >= 11 is 0. The molecule has 0 atom stereocenters. The Bertz CT molecular complexity index is 266. The predicted molar refractivity (Wildman–Crippen MR) is 55.5 cm³/mol. The summed E-state index contributed by atoms with van der Waals surface area (Å²) in [6.45, 7) is 2.05. The van der Waals surface area contributed by atoms with Gasteiger partial charge < -0.3 is 5.11 Å². The fourth-order valence-corrected chi connectivity index (χ4v) is 1.02. The highest BCUT2D eigenvalue weighted by molar-refractivity contribution is 6.08. The topological polar surface area (TPSA) is 71.4 Å². The molecule has 0 saturated heterocycles. The Balaban J connectivity index is 3.78. The first kappa shape index (κ1) is 13.5. The van der Waals surface area contributed by atoms with Crippen LogP contribution in [-0.4, -0.2) is 22.6 Å². The minimum atomic E-state index is -1.19. The average Bonchev–Trinajstić information content (AvgIpc) is 2.10. The zero-order valence-electron chi connectivity index (χ0n) is 8.86. The molecule has 15 heavy (non-hydrogen) atoms. The van der Waals surface area contributed by atoms with E-state index in [2.05, 4.69) is 0 Å². The molecule has 4 nitrogen and oxygen atoms in total. The van der Waals surface area contributed by atoms with Crippen molar-refractivity contribution in [3.05, 3.63) is 12.2 Å². The van der Waals surface area contributed by atoms with Gasteiger partial charge in [0.1, 0.15) is 6.42 Å². The van der Waals surface area contributed by atoms with E-state index in [0.29, 0.717) is 0 Å². The lowest BCUT2D eigenvalue weighted by molar-refractivity contribution is -0.140. The molecular formula is C11H16O4. The van der Waals surface area contributed by atoms with Gasteiger partial charge in [-0.05, 0) is 12.5 Å². The molecule has 0 rings (SSSR count). The standard InChI is InChI=1S/C11H16O4/c1-2-3-4-5-6-9(12)7-10(13)8-11(14)15/h5-6H,2-4,7-8H2,1H3,(H,14,15)/b6-5+. The number of rotatable bonds is 8. The quantitative estimate of drug-likeness (QED) is 0.378. The van der Waals surface area contributed by atoms with Gasteiger partial charge >= 0.3 is 5.97 Å². The van der Waals surface area contributed by atoms with Gasteiger partial charge in [-0.15, -0.1) is 0 Å². The lowest BCUT2D eigenvalue weighted by Gasteiger charge is -1.93. The zero-order valence-corrected chi connectivity index (χ0v) is 8.86. The first-order valence-corrected chi connectivity index (χ1v) is 4.99. The largest absolute Gasteiger partial charge is 0.481 e. The van der Waals surface area contributed by atoms with Crippen molar-refractivity contribution in [3.8, 4) is 0 Å². The lowest BCUT2D eigenvalue weighted by Crippen LogP contribution is -2.10. The van der Waals surface area contributed by atoms with Crippen LogP contribution in [0.3, 0.4) is 0 Å². The van der Waals surface area contributed by atoms with E-state index in [9.17, 15) is 14.4 Å². The van der Waals surface area contributed by atoms with E-state index in [1.165, 1.54) is 6.08 Å². The Morgan fingerprint density at radius 3 is 2.40 bits per heavy atom. The van der Waals surface area contributed by atoms with Crippen molar-refractivity contribution in [2.75, 3.05) is 0 Å².